The van der Waals surface area contributed by atoms with Crippen molar-refractivity contribution < 1.29 is 9.53 Å². The fraction of sp³-hybridized carbons (Fsp3) is 0.769. The maximum atomic E-state index is 11.3. The van der Waals surface area contributed by atoms with Gasteiger partial charge in [0.05, 0.1) is 0 Å². The molecular formula is C13H20BrClO2. The van der Waals surface area contributed by atoms with Gasteiger partial charge in [-0.05, 0) is 30.2 Å². The van der Waals surface area contributed by atoms with E-state index in [-0.39, 0.29) is 18.0 Å². The summed E-state index contributed by atoms with van der Waals surface area (Å²) in [5.74, 6) is -0.0439. The molecule has 0 aliphatic heterocycles. The SMILES string of the molecule is CCCC[C@@H](OC(=O)CCl)C1CCCC=C1Br. The molecule has 0 heterocycles. The molecule has 0 saturated heterocycles. The van der Waals surface area contributed by atoms with Gasteiger partial charge in [0.15, 0.2) is 0 Å². The molecule has 1 aliphatic rings. The van der Waals surface area contributed by atoms with Crippen LogP contribution in [0, 0.1) is 5.92 Å². The van der Waals surface area contributed by atoms with Gasteiger partial charge in [-0.3, -0.25) is 4.79 Å². The van der Waals surface area contributed by atoms with Crippen LogP contribution in [0.5, 0.6) is 0 Å². The maximum absolute atomic E-state index is 11.3. The minimum atomic E-state index is -0.307. The van der Waals surface area contributed by atoms with E-state index in [0.717, 1.165) is 32.1 Å². The molecule has 1 unspecified atom stereocenters. The highest BCUT2D eigenvalue weighted by atomic mass is 79.9. The average Bonchev–Trinajstić information content (AvgIpc) is 2.35. The highest BCUT2D eigenvalue weighted by molar-refractivity contribution is 9.11. The Bertz CT molecular complexity index is 279. The largest absolute Gasteiger partial charge is 0.461 e. The van der Waals surface area contributed by atoms with Gasteiger partial charge >= 0.3 is 5.97 Å². The van der Waals surface area contributed by atoms with E-state index in [1.807, 2.05) is 0 Å². The number of carbonyl (C=O) groups excluding carboxylic acids is 1. The van der Waals surface area contributed by atoms with Crippen molar-refractivity contribution in [2.75, 3.05) is 5.88 Å². The first-order valence-electron chi connectivity index (χ1n) is 6.30. The Kier molecular flexibility index (Phi) is 7.21. The summed E-state index contributed by atoms with van der Waals surface area (Å²) in [6, 6.07) is 0. The number of hydrogen-bond acceptors (Lipinski definition) is 2. The molecule has 0 aromatic heterocycles. The minimum absolute atomic E-state index is 0.0212. The molecule has 0 amide bonds. The first-order valence-corrected chi connectivity index (χ1v) is 7.62. The molecule has 2 nitrogen and oxygen atoms in total. The number of esters is 1. The summed E-state index contributed by atoms with van der Waals surface area (Å²) in [4.78, 5) is 11.3. The van der Waals surface area contributed by atoms with Crippen LogP contribution in [0.1, 0.15) is 45.4 Å². The van der Waals surface area contributed by atoms with Gasteiger partial charge < -0.3 is 4.74 Å². The van der Waals surface area contributed by atoms with E-state index in [2.05, 4.69) is 28.9 Å². The predicted octanol–water partition coefficient (Wildman–Crippen LogP) is 4.41. The molecule has 0 saturated carbocycles. The lowest BCUT2D eigenvalue weighted by molar-refractivity contribution is -0.148. The smallest absolute Gasteiger partial charge is 0.321 e. The molecule has 0 aromatic rings. The summed E-state index contributed by atoms with van der Waals surface area (Å²) in [6.45, 7) is 2.15. The highest BCUT2D eigenvalue weighted by Crippen LogP contribution is 2.34. The maximum Gasteiger partial charge on any atom is 0.321 e. The Labute approximate surface area is 117 Å². The Hall–Kier alpha value is -0.0200. The normalized spacial score (nSPS) is 21.8. The minimum Gasteiger partial charge on any atom is -0.461 e. The monoisotopic (exact) mass is 322 g/mol. The molecule has 2 atom stereocenters. The van der Waals surface area contributed by atoms with Crippen LogP contribution in [0.4, 0.5) is 0 Å². The molecule has 0 N–H and O–H groups in total. The summed E-state index contributed by atoms with van der Waals surface area (Å²) in [7, 11) is 0. The van der Waals surface area contributed by atoms with E-state index in [4.69, 9.17) is 16.3 Å². The van der Waals surface area contributed by atoms with Crippen molar-refractivity contribution in [1.82, 2.24) is 0 Å². The number of hydrogen-bond donors (Lipinski definition) is 0. The first-order chi connectivity index (χ1) is 8.19. The number of ether oxygens (including phenoxy) is 1. The van der Waals surface area contributed by atoms with Gasteiger partial charge in [0.1, 0.15) is 12.0 Å². The number of halogens is 2. The second kappa shape index (κ2) is 8.15. The molecule has 0 radical (unpaired) electrons. The van der Waals surface area contributed by atoms with E-state index in [1.54, 1.807) is 0 Å². The van der Waals surface area contributed by atoms with Gasteiger partial charge in [0.2, 0.25) is 0 Å². The number of unbranched alkanes of at least 4 members (excludes halogenated alkanes) is 1. The van der Waals surface area contributed by atoms with Crippen molar-refractivity contribution in [3.63, 3.8) is 0 Å². The third-order valence-electron chi connectivity index (χ3n) is 3.10. The molecule has 1 rings (SSSR count). The van der Waals surface area contributed by atoms with Crippen molar-refractivity contribution in [1.29, 1.82) is 0 Å². The molecule has 0 bridgehead atoms. The van der Waals surface area contributed by atoms with Crippen LogP contribution < -0.4 is 0 Å². The van der Waals surface area contributed by atoms with Crippen molar-refractivity contribution >= 4 is 33.5 Å². The molecular weight excluding hydrogens is 303 g/mol. The molecule has 98 valence electrons. The number of alkyl halides is 1. The average molecular weight is 324 g/mol. The van der Waals surface area contributed by atoms with Crippen LogP contribution >= 0.6 is 27.5 Å². The van der Waals surface area contributed by atoms with Crippen LogP contribution in [0.15, 0.2) is 10.6 Å². The first kappa shape index (κ1) is 15.0. The Balaban J connectivity index is 2.63. The molecule has 17 heavy (non-hydrogen) atoms. The Morgan fingerprint density at radius 3 is 3.06 bits per heavy atom. The zero-order valence-electron chi connectivity index (χ0n) is 10.3. The third kappa shape index (κ3) is 5.01. The number of allylic oxidation sites excluding steroid dienone is 1. The van der Waals surface area contributed by atoms with Gasteiger partial charge in [-0.1, -0.05) is 41.8 Å². The summed E-state index contributed by atoms with van der Waals surface area (Å²) < 4.78 is 6.66. The van der Waals surface area contributed by atoms with Crippen molar-refractivity contribution in [3.05, 3.63) is 10.6 Å². The lowest BCUT2D eigenvalue weighted by atomic mass is 9.88. The lowest BCUT2D eigenvalue weighted by Gasteiger charge is -2.29. The van der Waals surface area contributed by atoms with Crippen LogP contribution in [-0.2, 0) is 9.53 Å². The number of rotatable bonds is 6. The van der Waals surface area contributed by atoms with Gasteiger partial charge in [-0.15, -0.1) is 11.6 Å². The van der Waals surface area contributed by atoms with Crippen molar-refractivity contribution in [2.45, 2.75) is 51.6 Å². The quantitative estimate of drug-likeness (QED) is 0.535. The Morgan fingerprint density at radius 1 is 1.71 bits per heavy atom. The summed E-state index contributed by atoms with van der Waals surface area (Å²) >= 11 is 9.10. The second-order valence-electron chi connectivity index (χ2n) is 4.43. The fourth-order valence-corrected chi connectivity index (χ4v) is 2.99. The summed E-state index contributed by atoms with van der Waals surface area (Å²) in [5, 5.41) is 0. The molecule has 1 aliphatic carbocycles. The van der Waals surface area contributed by atoms with Gasteiger partial charge in [0.25, 0.3) is 0 Å². The summed E-state index contributed by atoms with van der Waals surface area (Å²) in [6.07, 6.45) is 8.66. The summed E-state index contributed by atoms with van der Waals surface area (Å²) in [5.41, 5.74) is 0. The molecule has 0 aromatic carbocycles. The van der Waals surface area contributed by atoms with Gasteiger partial charge in [0, 0.05) is 5.92 Å². The van der Waals surface area contributed by atoms with Crippen molar-refractivity contribution in [3.8, 4) is 0 Å². The van der Waals surface area contributed by atoms with E-state index < -0.39 is 0 Å². The zero-order chi connectivity index (χ0) is 12.7. The second-order valence-corrected chi connectivity index (χ2v) is 5.61. The van der Waals surface area contributed by atoms with Crippen LogP contribution in [0.3, 0.4) is 0 Å². The standard InChI is InChI=1S/C13H20BrClO2/c1-2-3-8-12(17-13(16)9-15)10-6-4-5-7-11(10)14/h7,10,12H,2-6,8-9H2,1H3/t10?,12-/m1/s1. The fourth-order valence-electron chi connectivity index (χ4n) is 2.18. The lowest BCUT2D eigenvalue weighted by Crippen LogP contribution is -2.29. The van der Waals surface area contributed by atoms with Gasteiger partial charge in [-0.25, -0.2) is 0 Å². The zero-order valence-corrected chi connectivity index (χ0v) is 12.6. The topological polar surface area (TPSA) is 26.3 Å². The van der Waals surface area contributed by atoms with Gasteiger partial charge in [-0.2, -0.15) is 0 Å². The number of carbonyl (C=O) groups is 1. The van der Waals surface area contributed by atoms with Crippen molar-refractivity contribution in [2.24, 2.45) is 5.92 Å². The van der Waals surface area contributed by atoms with Crippen LogP contribution in [-0.4, -0.2) is 18.0 Å². The Morgan fingerprint density at radius 2 is 2.47 bits per heavy atom. The highest BCUT2D eigenvalue weighted by Gasteiger charge is 2.28. The van der Waals surface area contributed by atoms with Crippen LogP contribution in [0.2, 0.25) is 0 Å². The van der Waals surface area contributed by atoms with E-state index in [0.29, 0.717) is 5.92 Å². The van der Waals surface area contributed by atoms with E-state index in [9.17, 15) is 4.79 Å². The molecule has 0 spiro atoms. The predicted molar refractivity (Wildman–Crippen MR) is 74.5 cm³/mol. The third-order valence-corrected chi connectivity index (χ3v) is 4.23. The molecule has 4 heteroatoms. The molecule has 0 fully saturated rings. The van der Waals surface area contributed by atoms with E-state index >= 15 is 0 Å². The van der Waals surface area contributed by atoms with Crippen LogP contribution in [0.25, 0.3) is 0 Å². The van der Waals surface area contributed by atoms with E-state index in [1.165, 1.54) is 10.9 Å².